The first-order valence-corrected chi connectivity index (χ1v) is 25.5. The number of hydrogen-bond acceptors (Lipinski definition) is 6. The monoisotopic (exact) mass is 972 g/mol. The first-order valence-electron chi connectivity index (χ1n) is 25.5. The van der Waals surface area contributed by atoms with Crippen LogP contribution in [-0.4, -0.2) is 19.5 Å². The van der Waals surface area contributed by atoms with Crippen LogP contribution in [0.25, 0.3) is 161 Å². The lowest BCUT2D eigenvalue weighted by atomic mass is 9.92. The summed E-state index contributed by atoms with van der Waals surface area (Å²) in [6.45, 7) is 0. The van der Waals surface area contributed by atoms with Crippen LogP contribution in [0.1, 0.15) is 0 Å². The van der Waals surface area contributed by atoms with E-state index >= 15 is 0 Å². The fourth-order valence-corrected chi connectivity index (χ4v) is 11.6. The number of rotatable bonds is 7. The molecule has 5 aromatic heterocycles. The maximum Gasteiger partial charge on any atom is 0.164 e. The molecule has 0 aliphatic carbocycles. The van der Waals surface area contributed by atoms with E-state index in [0.29, 0.717) is 17.5 Å². The molecule has 0 saturated heterocycles. The smallest absolute Gasteiger partial charge is 0.164 e. The molecular weight excluding hydrogens is 933 g/mol. The van der Waals surface area contributed by atoms with E-state index in [1.165, 1.54) is 0 Å². The van der Waals surface area contributed by atoms with Crippen molar-refractivity contribution in [3.63, 3.8) is 0 Å². The molecule has 0 radical (unpaired) electrons. The molecule has 0 fully saturated rings. The van der Waals surface area contributed by atoms with Gasteiger partial charge in [0.15, 0.2) is 17.5 Å². The summed E-state index contributed by atoms with van der Waals surface area (Å²) in [4.78, 5) is 16.0. The quantitative estimate of drug-likeness (QED) is 0.158. The maximum atomic E-state index is 7.14. The highest BCUT2D eigenvalue weighted by molar-refractivity contribution is 6.25. The Hall–Kier alpha value is -10.4. The van der Waals surface area contributed by atoms with Gasteiger partial charge < -0.3 is 17.8 Å². The van der Waals surface area contributed by atoms with Crippen LogP contribution in [0, 0.1) is 0 Å². The lowest BCUT2D eigenvalue weighted by Gasteiger charge is -2.21. The third-order valence-electron chi connectivity index (χ3n) is 15.1. The van der Waals surface area contributed by atoms with E-state index in [1.54, 1.807) is 0 Å². The summed E-state index contributed by atoms with van der Waals surface area (Å²) in [5.41, 5.74) is 16.7. The molecule has 0 saturated carbocycles. The number of nitrogens with zero attached hydrogens (tertiary/aromatic N) is 4. The van der Waals surface area contributed by atoms with Gasteiger partial charge in [-0.1, -0.05) is 176 Å². The summed E-state index contributed by atoms with van der Waals surface area (Å²) in [5, 5.41) is 8.49. The Morgan fingerprint density at radius 3 is 1.29 bits per heavy atom. The highest BCUT2D eigenvalue weighted by Crippen LogP contribution is 2.47. The Labute approximate surface area is 434 Å². The van der Waals surface area contributed by atoms with Crippen molar-refractivity contribution in [2.24, 2.45) is 0 Å². The molecule has 0 aliphatic rings. The van der Waals surface area contributed by atoms with Crippen LogP contribution in [-0.2, 0) is 0 Å². The van der Waals surface area contributed by atoms with Crippen LogP contribution >= 0.6 is 0 Å². The Balaban J connectivity index is 0.971. The van der Waals surface area contributed by atoms with Crippen LogP contribution in [0.15, 0.2) is 256 Å². The highest BCUT2D eigenvalue weighted by atomic mass is 16.3. The lowest BCUT2D eigenvalue weighted by molar-refractivity contribution is 0.668. The van der Waals surface area contributed by atoms with Gasteiger partial charge in [-0.25, -0.2) is 15.0 Å². The summed E-state index contributed by atoms with van der Waals surface area (Å²) in [7, 11) is 0. The predicted molar refractivity (Wildman–Crippen MR) is 309 cm³/mol. The largest absolute Gasteiger partial charge is 0.456 e. The molecule has 7 heteroatoms. The third kappa shape index (κ3) is 6.52. The molecule has 16 rings (SSSR count). The second-order valence-electron chi connectivity index (χ2n) is 19.4. The van der Waals surface area contributed by atoms with Gasteiger partial charge in [0.2, 0.25) is 0 Å². The highest BCUT2D eigenvalue weighted by Gasteiger charge is 2.26. The van der Waals surface area contributed by atoms with Crippen LogP contribution < -0.4 is 0 Å². The first-order chi connectivity index (χ1) is 37.7. The second kappa shape index (κ2) is 16.6. The van der Waals surface area contributed by atoms with Gasteiger partial charge in [-0.2, -0.15) is 0 Å². The zero-order chi connectivity index (χ0) is 49.8. The van der Waals surface area contributed by atoms with Gasteiger partial charge in [0.1, 0.15) is 33.5 Å². The van der Waals surface area contributed by atoms with Gasteiger partial charge in [-0.3, -0.25) is 0 Å². The van der Waals surface area contributed by atoms with Gasteiger partial charge in [0.25, 0.3) is 0 Å². The molecule has 354 valence electrons. The van der Waals surface area contributed by atoms with E-state index in [0.717, 1.165) is 143 Å². The number of benzene rings is 11. The first kappa shape index (κ1) is 42.2. The molecule has 11 aromatic carbocycles. The molecule has 16 aromatic rings. The summed E-state index contributed by atoms with van der Waals surface area (Å²) in [5.74, 6) is 1.56. The van der Waals surface area contributed by atoms with Gasteiger partial charge in [0, 0.05) is 71.1 Å². The second-order valence-corrected chi connectivity index (χ2v) is 19.4. The molecule has 5 heterocycles. The van der Waals surface area contributed by atoms with E-state index in [1.807, 2.05) is 54.6 Å². The fourth-order valence-electron chi connectivity index (χ4n) is 11.6. The SMILES string of the molecule is c1ccc(-c2cc(-c3nc(-c4ccc5c(c4)oc4ccccc45)nc(-c4ccc5c(c4)oc4ccccc45)n3)cc(-c3ccccc3)c2-n2c3ccccc3c3c4oc5c(-c6ccccc6)cccc5c4ccc32)cc1. The Bertz CT molecular complexity index is 4800. The zero-order valence-electron chi connectivity index (χ0n) is 40.6. The van der Waals surface area contributed by atoms with E-state index in [4.69, 9.17) is 28.2 Å². The van der Waals surface area contributed by atoms with Crippen LogP contribution in [0.2, 0.25) is 0 Å². The molecule has 0 N–H and O–H groups in total. The molecule has 7 nitrogen and oxygen atoms in total. The number of aromatic nitrogens is 4. The van der Waals surface area contributed by atoms with Crippen molar-refractivity contribution in [2.45, 2.75) is 0 Å². The molecule has 0 unspecified atom stereocenters. The molecule has 0 amide bonds. The van der Waals surface area contributed by atoms with Crippen molar-refractivity contribution >= 4 is 87.6 Å². The maximum absolute atomic E-state index is 7.14. The fraction of sp³-hybridized carbons (Fsp3) is 0. The Morgan fingerprint density at radius 2 is 0.711 bits per heavy atom. The van der Waals surface area contributed by atoms with Gasteiger partial charge in [-0.05, 0) is 83.4 Å². The molecule has 0 bridgehead atoms. The average molecular weight is 973 g/mol. The number of para-hydroxylation sites is 4. The Morgan fingerprint density at radius 1 is 0.263 bits per heavy atom. The van der Waals surface area contributed by atoms with E-state index < -0.39 is 0 Å². The van der Waals surface area contributed by atoms with Gasteiger partial charge in [-0.15, -0.1) is 0 Å². The minimum Gasteiger partial charge on any atom is -0.456 e. The summed E-state index contributed by atoms with van der Waals surface area (Å²) >= 11 is 0. The summed E-state index contributed by atoms with van der Waals surface area (Å²) < 4.78 is 22.4. The van der Waals surface area contributed by atoms with Crippen LogP contribution in [0.3, 0.4) is 0 Å². The molecule has 0 aliphatic heterocycles. The van der Waals surface area contributed by atoms with Gasteiger partial charge >= 0.3 is 0 Å². The van der Waals surface area contributed by atoms with Crippen molar-refractivity contribution < 1.29 is 13.3 Å². The van der Waals surface area contributed by atoms with Crippen molar-refractivity contribution in [3.05, 3.63) is 243 Å². The zero-order valence-corrected chi connectivity index (χ0v) is 40.6. The minimum atomic E-state index is 0.520. The standard InChI is InChI=1S/C69H40N4O3/c1-4-17-41(18-5-1)47-26-16-27-52-53-35-36-58-63(66(53)76-65(47)52)54-25-10-13-28-57(54)73(58)64-55(42-19-6-2-7-20-42)37-46(38-56(64)43-21-8-3-9-22-43)69-71-67(44-31-33-50-48-23-11-14-29-59(48)74-61(50)39-44)70-68(72-69)45-32-34-51-49-24-12-15-30-60(49)75-62(51)40-45/h1-40H. The topological polar surface area (TPSA) is 83.0 Å². The van der Waals surface area contributed by atoms with Crippen LogP contribution in [0.5, 0.6) is 0 Å². The number of furan rings is 3. The Kier molecular flexibility index (Phi) is 9.20. The number of fused-ring (bicyclic) bond motifs is 13. The number of hydrogen-bond donors (Lipinski definition) is 0. The normalized spacial score (nSPS) is 11.9. The molecular formula is C69H40N4O3. The van der Waals surface area contributed by atoms with Crippen molar-refractivity contribution in [1.82, 2.24) is 19.5 Å². The van der Waals surface area contributed by atoms with Crippen molar-refractivity contribution in [1.29, 1.82) is 0 Å². The lowest BCUT2D eigenvalue weighted by Crippen LogP contribution is -2.04. The molecule has 76 heavy (non-hydrogen) atoms. The summed E-state index contributed by atoms with van der Waals surface area (Å²) in [6, 6.07) is 84.6. The average Bonchev–Trinajstić information content (AvgIpc) is 4.36. The van der Waals surface area contributed by atoms with Crippen molar-refractivity contribution in [3.8, 4) is 73.2 Å². The van der Waals surface area contributed by atoms with E-state index in [9.17, 15) is 0 Å². The van der Waals surface area contributed by atoms with E-state index in [2.05, 4.69) is 193 Å². The van der Waals surface area contributed by atoms with Gasteiger partial charge in [0.05, 0.1) is 22.1 Å². The van der Waals surface area contributed by atoms with Crippen molar-refractivity contribution in [2.75, 3.05) is 0 Å². The van der Waals surface area contributed by atoms with Crippen LogP contribution in [0.4, 0.5) is 0 Å². The van der Waals surface area contributed by atoms with E-state index in [-0.39, 0.29) is 0 Å². The molecule has 0 atom stereocenters. The predicted octanol–water partition coefficient (Wildman–Crippen LogP) is 18.7. The minimum absolute atomic E-state index is 0.520. The third-order valence-corrected chi connectivity index (χ3v) is 15.1. The molecule has 0 spiro atoms. The summed E-state index contributed by atoms with van der Waals surface area (Å²) in [6.07, 6.45) is 0.